The number of aromatic nitrogens is 2. The largest absolute Gasteiger partial charge is 0.368 e. The van der Waals surface area contributed by atoms with Gasteiger partial charge in [0.25, 0.3) is 5.91 Å². The first-order valence-electron chi connectivity index (χ1n) is 8.61. The summed E-state index contributed by atoms with van der Waals surface area (Å²) in [6, 6.07) is 3.54. The molecule has 10 heteroatoms. The maximum absolute atomic E-state index is 13.2. The lowest BCUT2D eigenvalue weighted by Crippen LogP contribution is -2.52. The number of nitrogens with zero attached hydrogens (tertiary/aromatic N) is 4. The van der Waals surface area contributed by atoms with Gasteiger partial charge in [-0.25, -0.2) is 8.42 Å². The number of aryl methyl sites for hydroxylation is 1. The monoisotopic (exact) mass is 396 g/mol. The number of fused-ring (bicyclic) bond motifs is 1. The van der Waals surface area contributed by atoms with E-state index in [1.165, 1.54) is 4.31 Å². The van der Waals surface area contributed by atoms with Crippen LogP contribution in [0.25, 0.3) is 11.0 Å². The molecule has 2 aliphatic heterocycles. The Morgan fingerprint density at radius 3 is 2.69 bits per heavy atom. The minimum absolute atomic E-state index is 0.0264. The number of amides is 1. The molecular formula is C16H20N4O4S2. The summed E-state index contributed by atoms with van der Waals surface area (Å²) in [7, 11) is -3.69. The molecule has 2 fully saturated rings. The van der Waals surface area contributed by atoms with E-state index in [-0.39, 0.29) is 30.0 Å². The fraction of sp³-hybridized carbons (Fsp3) is 0.562. The topological polar surface area (TPSA) is 92.7 Å². The van der Waals surface area contributed by atoms with Crippen LogP contribution in [0.2, 0.25) is 0 Å². The second kappa shape index (κ2) is 6.84. The van der Waals surface area contributed by atoms with Gasteiger partial charge in [0.05, 0.1) is 11.7 Å². The highest BCUT2D eigenvalue weighted by atomic mass is 32.2. The van der Waals surface area contributed by atoms with Crippen LogP contribution in [0.15, 0.2) is 17.0 Å². The number of carbonyl (C=O) groups excluding carboxylic acids is 1. The Labute approximate surface area is 156 Å². The molecule has 1 atom stereocenters. The van der Waals surface area contributed by atoms with Crippen molar-refractivity contribution in [3.05, 3.63) is 17.7 Å². The molecule has 4 rings (SSSR count). The van der Waals surface area contributed by atoms with Crippen LogP contribution in [0, 0.1) is 6.92 Å². The third-order valence-electron chi connectivity index (χ3n) is 4.93. The van der Waals surface area contributed by atoms with E-state index in [2.05, 4.69) is 8.75 Å². The van der Waals surface area contributed by atoms with E-state index in [4.69, 9.17) is 4.74 Å². The fourth-order valence-corrected chi connectivity index (χ4v) is 5.88. The van der Waals surface area contributed by atoms with Crippen molar-refractivity contribution in [2.45, 2.75) is 30.8 Å². The predicted octanol–water partition coefficient (Wildman–Crippen LogP) is 1.01. The van der Waals surface area contributed by atoms with Crippen LogP contribution in [0.5, 0.6) is 0 Å². The average Bonchev–Trinajstić information content (AvgIpc) is 3.32. The molecule has 1 aromatic heterocycles. The van der Waals surface area contributed by atoms with E-state index in [9.17, 15) is 13.2 Å². The third-order valence-corrected chi connectivity index (χ3v) is 7.55. The molecule has 0 aliphatic carbocycles. The summed E-state index contributed by atoms with van der Waals surface area (Å²) in [5.74, 6) is -0.0264. The quantitative estimate of drug-likeness (QED) is 0.769. The zero-order valence-corrected chi connectivity index (χ0v) is 16.1. The molecule has 0 spiro atoms. The van der Waals surface area contributed by atoms with Gasteiger partial charge in [0, 0.05) is 32.8 Å². The van der Waals surface area contributed by atoms with E-state index < -0.39 is 10.0 Å². The Balaban J connectivity index is 1.54. The number of rotatable bonds is 3. The summed E-state index contributed by atoms with van der Waals surface area (Å²) in [5, 5.41) is 0. The van der Waals surface area contributed by atoms with E-state index in [0.717, 1.165) is 24.6 Å². The van der Waals surface area contributed by atoms with Crippen molar-refractivity contribution in [2.24, 2.45) is 0 Å². The van der Waals surface area contributed by atoms with Crippen molar-refractivity contribution >= 4 is 38.7 Å². The summed E-state index contributed by atoms with van der Waals surface area (Å²) in [5.41, 5.74) is 1.67. The smallest absolute Gasteiger partial charge is 0.251 e. The van der Waals surface area contributed by atoms with Gasteiger partial charge in [0.2, 0.25) is 10.0 Å². The maximum Gasteiger partial charge on any atom is 0.251 e. The standard InChI is InChI=1S/C16H20N4O4S2/c1-11-4-5-12-14(18-25-17-12)15(11)26(22,23)20-8-6-19(7-9-20)16(21)13-3-2-10-24-13/h4-5,13H,2-3,6-10H2,1H3/t13-/m0/s1. The molecule has 1 aromatic carbocycles. The van der Waals surface area contributed by atoms with Crippen molar-refractivity contribution in [1.29, 1.82) is 0 Å². The number of ether oxygens (including phenoxy) is 1. The van der Waals surface area contributed by atoms with Gasteiger partial charge >= 0.3 is 0 Å². The summed E-state index contributed by atoms with van der Waals surface area (Å²) < 4.78 is 41.6. The van der Waals surface area contributed by atoms with Crippen LogP contribution in [0.3, 0.4) is 0 Å². The highest BCUT2D eigenvalue weighted by Gasteiger charge is 2.35. The highest BCUT2D eigenvalue weighted by molar-refractivity contribution is 7.89. The molecule has 8 nitrogen and oxygen atoms in total. The molecule has 3 heterocycles. The lowest BCUT2D eigenvalue weighted by molar-refractivity contribution is -0.142. The molecule has 2 aromatic rings. The van der Waals surface area contributed by atoms with Gasteiger partial charge in [-0.15, -0.1) is 0 Å². The van der Waals surface area contributed by atoms with Gasteiger partial charge in [-0.3, -0.25) is 4.79 Å². The lowest BCUT2D eigenvalue weighted by Gasteiger charge is -2.35. The average molecular weight is 396 g/mol. The minimum Gasteiger partial charge on any atom is -0.368 e. The first kappa shape index (κ1) is 17.8. The maximum atomic E-state index is 13.2. The molecule has 0 saturated carbocycles. The lowest BCUT2D eigenvalue weighted by atomic mass is 10.2. The van der Waals surface area contributed by atoms with E-state index in [0.29, 0.717) is 36.3 Å². The fourth-order valence-electron chi connectivity index (χ4n) is 3.51. The number of sulfonamides is 1. The Kier molecular flexibility index (Phi) is 4.68. The summed E-state index contributed by atoms with van der Waals surface area (Å²) in [4.78, 5) is 14.4. The van der Waals surface area contributed by atoms with Crippen molar-refractivity contribution in [2.75, 3.05) is 32.8 Å². The zero-order valence-electron chi connectivity index (χ0n) is 14.4. The van der Waals surface area contributed by atoms with Crippen LogP contribution in [-0.2, 0) is 19.6 Å². The van der Waals surface area contributed by atoms with Gasteiger partial charge in [-0.1, -0.05) is 6.07 Å². The molecule has 0 unspecified atom stereocenters. The van der Waals surface area contributed by atoms with Gasteiger partial charge in [-0.05, 0) is 31.4 Å². The molecule has 2 aliphatic rings. The van der Waals surface area contributed by atoms with E-state index in [1.807, 2.05) is 0 Å². The first-order chi connectivity index (χ1) is 12.5. The summed E-state index contributed by atoms with van der Waals surface area (Å²) >= 11 is 1.01. The Morgan fingerprint density at radius 1 is 1.23 bits per heavy atom. The van der Waals surface area contributed by atoms with Gasteiger partial charge in [0.1, 0.15) is 22.0 Å². The summed E-state index contributed by atoms with van der Waals surface area (Å²) in [6.45, 7) is 3.69. The van der Waals surface area contributed by atoms with Crippen molar-refractivity contribution < 1.29 is 17.9 Å². The molecule has 1 amide bonds. The van der Waals surface area contributed by atoms with Crippen LogP contribution < -0.4 is 0 Å². The first-order valence-corrected chi connectivity index (χ1v) is 10.8. The highest BCUT2D eigenvalue weighted by Crippen LogP contribution is 2.28. The molecule has 0 radical (unpaired) electrons. The Morgan fingerprint density at radius 2 is 2.00 bits per heavy atom. The molecular weight excluding hydrogens is 376 g/mol. The van der Waals surface area contributed by atoms with E-state index >= 15 is 0 Å². The van der Waals surface area contributed by atoms with Crippen LogP contribution >= 0.6 is 11.7 Å². The summed E-state index contributed by atoms with van der Waals surface area (Å²) in [6.07, 6.45) is 1.28. The van der Waals surface area contributed by atoms with Gasteiger partial charge in [-0.2, -0.15) is 13.1 Å². The van der Waals surface area contributed by atoms with Gasteiger partial charge < -0.3 is 9.64 Å². The number of benzene rings is 1. The van der Waals surface area contributed by atoms with E-state index in [1.54, 1.807) is 24.0 Å². The molecule has 140 valence electrons. The number of piperazine rings is 1. The van der Waals surface area contributed by atoms with Crippen molar-refractivity contribution in [1.82, 2.24) is 18.0 Å². The zero-order chi connectivity index (χ0) is 18.3. The Bertz CT molecular complexity index is 929. The van der Waals surface area contributed by atoms with Gasteiger partial charge in [0.15, 0.2) is 0 Å². The third kappa shape index (κ3) is 3.00. The van der Waals surface area contributed by atoms with Crippen LogP contribution in [0.1, 0.15) is 18.4 Å². The van der Waals surface area contributed by atoms with Crippen LogP contribution in [0.4, 0.5) is 0 Å². The number of hydrogen-bond acceptors (Lipinski definition) is 7. The number of hydrogen-bond donors (Lipinski definition) is 0. The SMILES string of the molecule is Cc1ccc2nsnc2c1S(=O)(=O)N1CCN(C(=O)[C@@H]2CCCO2)CC1. The normalized spacial score (nSPS) is 22.2. The molecule has 2 saturated heterocycles. The van der Waals surface area contributed by atoms with Crippen LogP contribution in [-0.4, -0.2) is 71.2 Å². The number of carbonyl (C=O) groups is 1. The molecule has 26 heavy (non-hydrogen) atoms. The van der Waals surface area contributed by atoms with Crippen molar-refractivity contribution in [3.63, 3.8) is 0 Å². The second-order valence-corrected chi connectivity index (χ2v) is 8.98. The van der Waals surface area contributed by atoms with Crippen molar-refractivity contribution in [3.8, 4) is 0 Å². The second-order valence-electron chi connectivity index (χ2n) is 6.57. The molecule has 0 N–H and O–H groups in total. The predicted molar refractivity (Wildman–Crippen MR) is 96.5 cm³/mol. The molecule has 0 bridgehead atoms. The Hall–Kier alpha value is -1.62. The minimum atomic E-state index is -3.69.